The number of hydrogen-bond acceptors (Lipinski definition) is 5. The smallest absolute Gasteiger partial charge is 0.0849 e. The summed E-state index contributed by atoms with van der Waals surface area (Å²) < 4.78 is 0. The SMILES string of the molecule is C[C@H](CC[C@@H](O)C(C)(C)O)[C@H]1CC[C@H]2[C@@H]3[C@H](O)C[C@@H]4C[C@H](O)CC[C@]4(C)[C@H]3C[C@H](O)[C@]12C. The van der Waals surface area contributed by atoms with E-state index in [0.29, 0.717) is 36.0 Å². The fraction of sp³-hybridized carbons (Fsp3) is 1.00. The van der Waals surface area contributed by atoms with E-state index < -0.39 is 11.7 Å². The molecule has 0 unspecified atom stereocenters. The molecule has 5 heteroatoms. The van der Waals surface area contributed by atoms with E-state index >= 15 is 0 Å². The molecular formula is C27H48O5. The van der Waals surface area contributed by atoms with Crippen LogP contribution >= 0.6 is 0 Å². The minimum absolute atomic E-state index is 0.103. The number of hydrogen-bond donors (Lipinski definition) is 5. The molecule has 12 atom stereocenters. The first kappa shape index (κ1) is 24.9. The average Bonchev–Trinajstić information content (AvgIpc) is 3.06. The van der Waals surface area contributed by atoms with E-state index in [1.54, 1.807) is 13.8 Å². The summed E-state index contributed by atoms with van der Waals surface area (Å²) in [6, 6.07) is 0. The maximum atomic E-state index is 11.6. The minimum Gasteiger partial charge on any atom is -0.393 e. The third-order valence-corrected chi connectivity index (χ3v) is 11.2. The topological polar surface area (TPSA) is 101 Å². The zero-order valence-electron chi connectivity index (χ0n) is 20.9. The Hall–Kier alpha value is -0.200. The van der Waals surface area contributed by atoms with Gasteiger partial charge in [0, 0.05) is 0 Å². The predicted molar refractivity (Wildman–Crippen MR) is 125 cm³/mol. The lowest BCUT2D eigenvalue weighted by molar-refractivity contribution is -0.207. The number of aliphatic hydroxyl groups is 5. The Balaban J connectivity index is 1.54. The van der Waals surface area contributed by atoms with Crippen LogP contribution in [0.15, 0.2) is 0 Å². The molecule has 5 N–H and O–H groups in total. The van der Waals surface area contributed by atoms with Crippen LogP contribution in [0.4, 0.5) is 0 Å². The van der Waals surface area contributed by atoms with Crippen molar-refractivity contribution in [1.82, 2.24) is 0 Å². The summed E-state index contributed by atoms with van der Waals surface area (Å²) >= 11 is 0. The summed E-state index contributed by atoms with van der Waals surface area (Å²) in [6.45, 7) is 10.2. The standard InChI is InChI=1S/C27H48O5/c1-15(6-9-22(30)25(2,3)32)18-7-8-19-24-20(14-23(31)27(18,19)5)26(4)11-10-17(28)12-16(26)13-21(24)29/h15-24,28-32H,6-14H2,1-5H3/t15-,16+,17-,18-,19+,20+,21-,22-,23+,24+,26+,27-/m1/s1. The molecule has 4 aliphatic carbocycles. The normalized spacial score (nSPS) is 50.8. The van der Waals surface area contributed by atoms with Gasteiger partial charge in [0.15, 0.2) is 0 Å². The number of rotatable bonds is 5. The van der Waals surface area contributed by atoms with Crippen LogP contribution in [0, 0.1) is 46.3 Å². The largest absolute Gasteiger partial charge is 0.393 e. The molecule has 0 bridgehead atoms. The molecule has 4 fully saturated rings. The van der Waals surface area contributed by atoms with Crippen LogP contribution in [0.2, 0.25) is 0 Å². The summed E-state index contributed by atoms with van der Waals surface area (Å²) in [6.07, 6.45) is 5.98. The van der Waals surface area contributed by atoms with Gasteiger partial charge in [-0.1, -0.05) is 20.8 Å². The fourth-order valence-corrected chi connectivity index (χ4v) is 9.11. The first-order chi connectivity index (χ1) is 14.8. The highest BCUT2D eigenvalue weighted by atomic mass is 16.3. The Bertz CT molecular complexity index is 675. The van der Waals surface area contributed by atoms with Crippen molar-refractivity contribution >= 4 is 0 Å². The van der Waals surface area contributed by atoms with Crippen molar-refractivity contribution in [3.63, 3.8) is 0 Å². The molecular weight excluding hydrogens is 404 g/mol. The molecule has 0 spiro atoms. The highest BCUT2D eigenvalue weighted by molar-refractivity contribution is 5.14. The monoisotopic (exact) mass is 452 g/mol. The Morgan fingerprint density at radius 1 is 0.938 bits per heavy atom. The molecule has 0 saturated heterocycles. The van der Waals surface area contributed by atoms with Crippen molar-refractivity contribution in [3.8, 4) is 0 Å². The Kier molecular flexibility index (Phi) is 6.60. The molecule has 0 amide bonds. The van der Waals surface area contributed by atoms with Crippen LogP contribution in [-0.2, 0) is 0 Å². The molecule has 0 aliphatic heterocycles. The second-order valence-electron chi connectivity index (χ2n) is 13.2. The zero-order valence-corrected chi connectivity index (χ0v) is 20.9. The van der Waals surface area contributed by atoms with Gasteiger partial charge in [0.25, 0.3) is 0 Å². The summed E-state index contributed by atoms with van der Waals surface area (Å²) in [4.78, 5) is 0. The van der Waals surface area contributed by atoms with Gasteiger partial charge in [-0.3, -0.25) is 0 Å². The van der Waals surface area contributed by atoms with Crippen LogP contribution in [0.3, 0.4) is 0 Å². The van der Waals surface area contributed by atoms with E-state index in [1.165, 1.54) is 0 Å². The van der Waals surface area contributed by atoms with Crippen LogP contribution < -0.4 is 0 Å². The highest BCUT2D eigenvalue weighted by Crippen LogP contribution is 2.68. The van der Waals surface area contributed by atoms with Crippen LogP contribution in [0.1, 0.15) is 92.4 Å². The van der Waals surface area contributed by atoms with Gasteiger partial charge in [-0.15, -0.1) is 0 Å². The van der Waals surface area contributed by atoms with E-state index in [4.69, 9.17) is 0 Å². The van der Waals surface area contributed by atoms with Gasteiger partial charge in [-0.25, -0.2) is 0 Å². The van der Waals surface area contributed by atoms with Gasteiger partial charge in [0.2, 0.25) is 0 Å². The van der Waals surface area contributed by atoms with E-state index in [9.17, 15) is 25.5 Å². The minimum atomic E-state index is -1.09. The Morgan fingerprint density at radius 2 is 1.62 bits per heavy atom. The van der Waals surface area contributed by atoms with E-state index in [2.05, 4.69) is 20.8 Å². The second-order valence-corrected chi connectivity index (χ2v) is 13.2. The molecule has 4 aliphatic rings. The molecule has 32 heavy (non-hydrogen) atoms. The second kappa shape index (κ2) is 8.48. The molecule has 4 saturated carbocycles. The molecule has 0 heterocycles. The molecule has 186 valence electrons. The van der Waals surface area contributed by atoms with E-state index in [1.807, 2.05) is 0 Å². The van der Waals surface area contributed by atoms with Crippen molar-refractivity contribution in [3.05, 3.63) is 0 Å². The van der Waals surface area contributed by atoms with Crippen LogP contribution in [-0.4, -0.2) is 55.5 Å². The van der Waals surface area contributed by atoms with Gasteiger partial charge in [0.1, 0.15) is 0 Å². The molecule has 0 aromatic heterocycles. The van der Waals surface area contributed by atoms with E-state index in [0.717, 1.165) is 51.4 Å². The van der Waals surface area contributed by atoms with Gasteiger partial charge >= 0.3 is 0 Å². The quantitative estimate of drug-likeness (QED) is 0.440. The van der Waals surface area contributed by atoms with Gasteiger partial charge in [-0.2, -0.15) is 0 Å². The van der Waals surface area contributed by atoms with Crippen LogP contribution in [0.5, 0.6) is 0 Å². The first-order valence-corrected chi connectivity index (χ1v) is 13.2. The number of fused-ring (bicyclic) bond motifs is 5. The summed E-state index contributed by atoms with van der Waals surface area (Å²) in [5, 5.41) is 53.7. The van der Waals surface area contributed by atoms with Crippen molar-refractivity contribution in [2.75, 3.05) is 0 Å². The first-order valence-electron chi connectivity index (χ1n) is 13.2. The zero-order chi connectivity index (χ0) is 23.6. The summed E-state index contributed by atoms with van der Waals surface area (Å²) in [5.74, 6) is 1.94. The predicted octanol–water partition coefficient (Wildman–Crippen LogP) is 3.50. The van der Waals surface area contributed by atoms with Crippen molar-refractivity contribution in [1.29, 1.82) is 0 Å². The molecule has 5 nitrogen and oxygen atoms in total. The third kappa shape index (κ3) is 3.88. The Labute approximate surface area is 194 Å². The maximum Gasteiger partial charge on any atom is 0.0849 e. The number of aliphatic hydroxyl groups excluding tert-OH is 4. The fourth-order valence-electron chi connectivity index (χ4n) is 9.11. The van der Waals surface area contributed by atoms with Gasteiger partial charge in [-0.05, 0) is 118 Å². The van der Waals surface area contributed by atoms with Crippen molar-refractivity contribution < 1.29 is 25.5 Å². The van der Waals surface area contributed by atoms with Gasteiger partial charge in [0.05, 0.1) is 30.0 Å². The third-order valence-electron chi connectivity index (χ3n) is 11.2. The van der Waals surface area contributed by atoms with Crippen LogP contribution in [0.25, 0.3) is 0 Å². The Morgan fingerprint density at radius 3 is 2.28 bits per heavy atom. The lowest BCUT2D eigenvalue weighted by atomic mass is 9.43. The summed E-state index contributed by atoms with van der Waals surface area (Å²) in [7, 11) is 0. The summed E-state index contributed by atoms with van der Waals surface area (Å²) in [5.41, 5.74) is -1.20. The lowest BCUT2D eigenvalue weighted by Gasteiger charge is -2.63. The molecule has 0 aromatic carbocycles. The van der Waals surface area contributed by atoms with E-state index in [-0.39, 0.29) is 35.1 Å². The van der Waals surface area contributed by atoms with Gasteiger partial charge < -0.3 is 25.5 Å². The lowest BCUT2D eigenvalue weighted by Crippen LogP contribution is -2.62. The van der Waals surface area contributed by atoms with Crippen molar-refractivity contribution in [2.45, 2.75) is 122 Å². The molecule has 4 rings (SSSR count). The highest BCUT2D eigenvalue weighted by Gasteiger charge is 2.65. The molecule has 0 aromatic rings. The molecule has 0 radical (unpaired) electrons. The maximum absolute atomic E-state index is 11.6. The van der Waals surface area contributed by atoms with Crippen molar-refractivity contribution in [2.24, 2.45) is 46.3 Å². The average molecular weight is 453 g/mol.